The average molecular weight is 233 g/mol. The summed E-state index contributed by atoms with van der Waals surface area (Å²) in [6.45, 7) is 3.75. The number of halogens is 2. The van der Waals surface area contributed by atoms with Gasteiger partial charge in [0.15, 0.2) is 10.3 Å². The highest BCUT2D eigenvalue weighted by atomic mass is 35.5. The van der Waals surface area contributed by atoms with Crippen LogP contribution in [0.5, 0.6) is 0 Å². The number of hydrogen-bond donors (Lipinski definition) is 1. The molecule has 2 rings (SSSR count). The van der Waals surface area contributed by atoms with E-state index in [9.17, 15) is 0 Å². The highest BCUT2D eigenvalue weighted by molar-refractivity contribution is 6.33. The smallest absolute Gasteiger partial charge is 0.175 e. The van der Waals surface area contributed by atoms with Gasteiger partial charge in [-0.05, 0) is 0 Å². The summed E-state index contributed by atoms with van der Waals surface area (Å²) in [5.74, 6) is 0. The van der Waals surface area contributed by atoms with E-state index in [1.807, 2.05) is 0 Å². The molecule has 0 atom stereocenters. The Bertz CT molecular complexity index is 325. The predicted octanol–water partition coefficient (Wildman–Crippen LogP) is 1.19. The maximum Gasteiger partial charge on any atom is 0.175 e. The first-order chi connectivity index (χ1) is 6.77. The van der Waals surface area contributed by atoms with Gasteiger partial charge < -0.3 is 10.2 Å². The van der Waals surface area contributed by atoms with Crippen LogP contribution in [-0.2, 0) is 0 Å². The lowest BCUT2D eigenvalue weighted by Gasteiger charge is -2.29. The van der Waals surface area contributed by atoms with Gasteiger partial charge in [-0.2, -0.15) is 0 Å². The molecule has 6 heteroatoms. The number of hydrogen-bond acceptors (Lipinski definition) is 4. The van der Waals surface area contributed by atoms with Crippen molar-refractivity contribution >= 4 is 28.9 Å². The van der Waals surface area contributed by atoms with E-state index in [1.54, 1.807) is 6.07 Å². The topological polar surface area (TPSA) is 41.0 Å². The lowest BCUT2D eigenvalue weighted by molar-refractivity contribution is 0.588. The molecular formula is C8H10Cl2N4. The van der Waals surface area contributed by atoms with Crippen LogP contribution in [0.4, 0.5) is 5.69 Å². The van der Waals surface area contributed by atoms with Crippen molar-refractivity contribution < 1.29 is 0 Å². The normalized spacial score (nSPS) is 17.1. The minimum Gasteiger partial charge on any atom is -0.366 e. The molecule has 1 aliphatic heterocycles. The lowest BCUT2D eigenvalue weighted by atomic mass is 10.3. The number of piperazine rings is 1. The van der Waals surface area contributed by atoms with Crippen LogP contribution in [0.15, 0.2) is 6.07 Å². The summed E-state index contributed by atoms with van der Waals surface area (Å²) in [6.07, 6.45) is 0. The van der Waals surface area contributed by atoms with Gasteiger partial charge in [-0.3, -0.25) is 0 Å². The van der Waals surface area contributed by atoms with Crippen LogP contribution in [0.3, 0.4) is 0 Å². The molecule has 1 fully saturated rings. The highest BCUT2D eigenvalue weighted by Gasteiger charge is 2.14. The zero-order chi connectivity index (χ0) is 9.97. The van der Waals surface area contributed by atoms with E-state index in [0.717, 1.165) is 31.9 Å². The summed E-state index contributed by atoms with van der Waals surface area (Å²) < 4.78 is 0. The second-order valence-electron chi connectivity index (χ2n) is 3.08. The Balaban J connectivity index is 2.24. The highest BCUT2D eigenvalue weighted by Crippen LogP contribution is 2.25. The zero-order valence-electron chi connectivity index (χ0n) is 7.50. The molecule has 2 heterocycles. The van der Waals surface area contributed by atoms with Crippen LogP contribution in [0.25, 0.3) is 0 Å². The predicted molar refractivity (Wildman–Crippen MR) is 57.1 cm³/mol. The molecule has 0 spiro atoms. The Morgan fingerprint density at radius 3 is 2.64 bits per heavy atom. The first-order valence-corrected chi connectivity index (χ1v) is 5.17. The quantitative estimate of drug-likeness (QED) is 0.791. The Hall–Kier alpha value is -0.580. The molecule has 1 N–H and O–H groups in total. The third-order valence-electron chi connectivity index (χ3n) is 2.16. The summed E-state index contributed by atoms with van der Waals surface area (Å²) >= 11 is 11.7. The molecule has 0 amide bonds. The number of nitrogens with zero attached hydrogens (tertiary/aromatic N) is 3. The molecule has 14 heavy (non-hydrogen) atoms. The zero-order valence-corrected chi connectivity index (χ0v) is 9.02. The average Bonchev–Trinajstić information content (AvgIpc) is 2.23. The van der Waals surface area contributed by atoms with Gasteiger partial charge in [0, 0.05) is 32.2 Å². The van der Waals surface area contributed by atoms with Gasteiger partial charge in [0.1, 0.15) is 0 Å². The van der Waals surface area contributed by atoms with Crippen LogP contribution < -0.4 is 10.2 Å². The Labute approximate surface area is 92.2 Å². The molecular weight excluding hydrogens is 223 g/mol. The van der Waals surface area contributed by atoms with E-state index >= 15 is 0 Å². The van der Waals surface area contributed by atoms with Crippen molar-refractivity contribution in [2.75, 3.05) is 31.1 Å². The van der Waals surface area contributed by atoms with Crippen LogP contribution in [0.2, 0.25) is 10.3 Å². The summed E-state index contributed by atoms with van der Waals surface area (Å²) in [6, 6.07) is 1.75. The third kappa shape index (κ3) is 2.08. The van der Waals surface area contributed by atoms with Crippen LogP contribution >= 0.6 is 23.2 Å². The SMILES string of the molecule is Clc1cc(N2CCNCC2)c(Cl)nn1. The van der Waals surface area contributed by atoms with Crippen molar-refractivity contribution in [3.05, 3.63) is 16.4 Å². The molecule has 1 saturated heterocycles. The first kappa shape index (κ1) is 9.96. The molecule has 4 nitrogen and oxygen atoms in total. The fourth-order valence-corrected chi connectivity index (χ4v) is 1.82. The maximum atomic E-state index is 5.94. The lowest BCUT2D eigenvalue weighted by Crippen LogP contribution is -2.43. The molecule has 0 unspecified atom stereocenters. The summed E-state index contributed by atoms with van der Waals surface area (Å²) in [5.41, 5.74) is 0.869. The first-order valence-electron chi connectivity index (χ1n) is 4.42. The van der Waals surface area contributed by atoms with Gasteiger partial charge >= 0.3 is 0 Å². The monoisotopic (exact) mass is 232 g/mol. The van der Waals surface area contributed by atoms with Crippen molar-refractivity contribution in [2.24, 2.45) is 0 Å². The van der Waals surface area contributed by atoms with Gasteiger partial charge in [-0.25, -0.2) is 0 Å². The number of rotatable bonds is 1. The van der Waals surface area contributed by atoms with E-state index < -0.39 is 0 Å². The van der Waals surface area contributed by atoms with Crippen molar-refractivity contribution in [1.29, 1.82) is 0 Å². The summed E-state index contributed by atoms with van der Waals surface area (Å²) in [5, 5.41) is 11.5. The molecule has 1 aromatic rings. The fourth-order valence-electron chi connectivity index (χ4n) is 1.47. The number of aromatic nitrogens is 2. The molecule has 0 saturated carbocycles. The van der Waals surface area contributed by atoms with Crippen molar-refractivity contribution in [2.45, 2.75) is 0 Å². The van der Waals surface area contributed by atoms with Gasteiger partial charge in [-0.1, -0.05) is 23.2 Å². The molecule has 76 valence electrons. The van der Waals surface area contributed by atoms with Crippen molar-refractivity contribution in [1.82, 2.24) is 15.5 Å². The van der Waals surface area contributed by atoms with Crippen molar-refractivity contribution in [3.63, 3.8) is 0 Å². The Morgan fingerprint density at radius 1 is 1.21 bits per heavy atom. The Kier molecular flexibility index (Phi) is 3.05. The van der Waals surface area contributed by atoms with Crippen LogP contribution in [0, 0.1) is 0 Å². The molecule has 1 aliphatic rings. The van der Waals surface area contributed by atoms with Gasteiger partial charge in [-0.15, -0.1) is 10.2 Å². The van der Waals surface area contributed by atoms with Crippen molar-refractivity contribution in [3.8, 4) is 0 Å². The molecule has 0 aromatic carbocycles. The van der Waals surface area contributed by atoms with Crippen LogP contribution in [-0.4, -0.2) is 36.4 Å². The van der Waals surface area contributed by atoms with E-state index in [2.05, 4.69) is 20.4 Å². The third-order valence-corrected chi connectivity index (χ3v) is 2.61. The van der Waals surface area contributed by atoms with E-state index in [1.165, 1.54) is 0 Å². The van der Waals surface area contributed by atoms with Gasteiger partial charge in [0.25, 0.3) is 0 Å². The minimum atomic E-state index is 0.378. The van der Waals surface area contributed by atoms with E-state index in [0.29, 0.717) is 10.3 Å². The molecule has 0 aliphatic carbocycles. The number of nitrogens with one attached hydrogen (secondary N) is 1. The summed E-state index contributed by atoms with van der Waals surface area (Å²) in [7, 11) is 0. The number of anilines is 1. The Morgan fingerprint density at radius 2 is 1.93 bits per heavy atom. The van der Waals surface area contributed by atoms with Gasteiger partial charge in [0.05, 0.1) is 5.69 Å². The summed E-state index contributed by atoms with van der Waals surface area (Å²) in [4.78, 5) is 2.15. The standard InChI is InChI=1S/C8H10Cl2N4/c9-7-5-6(8(10)13-12-7)14-3-1-11-2-4-14/h5,11H,1-4H2. The second-order valence-corrected chi connectivity index (χ2v) is 3.83. The second kappa shape index (κ2) is 4.29. The minimum absolute atomic E-state index is 0.378. The largest absolute Gasteiger partial charge is 0.366 e. The molecule has 0 bridgehead atoms. The van der Waals surface area contributed by atoms with Gasteiger partial charge in [0.2, 0.25) is 0 Å². The molecule has 1 aromatic heterocycles. The van der Waals surface area contributed by atoms with E-state index in [-0.39, 0.29) is 0 Å². The van der Waals surface area contributed by atoms with Crippen LogP contribution in [0.1, 0.15) is 0 Å². The molecule has 0 radical (unpaired) electrons. The fraction of sp³-hybridized carbons (Fsp3) is 0.500. The maximum absolute atomic E-state index is 5.94. The van der Waals surface area contributed by atoms with E-state index in [4.69, 9.17) is 23.2 Å².